The van der Waals surface area contributed by atoms with Gasteiger partial charge in [0.05, 0.1) is 6.54 Å². The fourth-order valence-corrected chi connectivity index (χ4v) is 1.81. The number of benzene rings is 1. The molecule has 21 heavy (non-hydrogen) atoms. The molecule has 2 amide bonds. The number of amides is 2. The van der Waals surface area contributed by atoms with Crippen molar-refractivity contribution in [2.75, 3.05) is 0 Å². The van der Waals surface area contributed by atoms with E-state index in [1.807, 2.05) is 0 Å². The first kappa shape index (κ1) is 15.3. The Morgan fingerprint density at radius 2 is 1.24 bits per heavy atom. The van der Waals surface area contributed by atoms with Crippen LogP contribution in [0.25, 0.3) is 0 Å². The molecule has 9 heteroatoms. The number of hydrogen-bond donors (Lipinski definition) is 0. The third-order valence-electron chi connectivity index (χ3n) is 3.00. The van der Waals surface area contributed by atoms with Gasteiger partial charge >= 0.3 is 29.6 Å². The number of halogens is 6. The summed E-state index contributed by atoms with van der Waals surface area (Å²) in [5.74, 6) is -22.7. The highest BCUT2D eigenvalue weighted by molar-refractivity contribution is 6.06. The Bertz CT molecular complexity index is 557. The summed E-state index contributed by atoms with van der Waals surface area (Å²) in [5.41, 5.74) is 0.0658. The second kappa shape index (κ2) is 4.47. The minimum Gasteiger partial charge on any atom is -0.267 e. The lowest BCUT2D eigenvalue weighted by molar-refractivity contribution is -0.306. The highest BCUT2D eigenvalue weighted by atomic mass is 19.3. The van der Waals surface area contributed by atoms with Crippen LogP contribution in [0, 0.1) is 0 Å². The lowest BCUT2D eigenvalue weighted by Crippen LogP contribution is -2.72. The number of rotatable bonds is 2. The summed E-state index contributed by atoms with van der Waals surface area (Å²) in [6.07, 6.45) is 0. The van der Waals surface area contributed by atoms with E-state index in [0.717, 1.165) is 0 Å². The molecule has 0 aromatic heterocycles. The van der Waals surface area contributed by atoms with Gasteiger partial charge in [0.15, 0.2) is 0 Å². The third kappa shape index (κ3) is 1.98. The number of alkyl halides is 6. The molecule has 0 radical (unpaired) electrons. The Labute approximate surface area is 114 Å². The van der Waals surface area contributed by atoms with Crippen LogP contribution in [0.3, 0.4) is 0 Å². The van der Waals surface area contributed by atoms with Gasteiger partial charge in [-0.05, 0) is 5.56 Å². The van der Waals surface area contributed by atoms with Crippen molar-refractivity contribution in [3.8, 4) is 0 Å². The predicted molar refractivity (Wildman–Crippen MR) is 56.8 cm³/mol. The van der Waals surface area contributed by atoms with Gasteiger partial charge in [0.2, 0.25) is 0 Å². The van der Waals surface area contributed by atoms with Crippen molar-refractivity contribution in [1.82, 2.24) is 4.90 Å². The molecule has 0 N–H and O–H groups in total. The van der Waals surface area contributed by atoms with Gasteiger partial charge in [-0.25, -0.2) is 0 Å². The maximum absolute atomic E-state index is 13.2. The number of hydrogen-bond acceptors (Lipinski definition) is 2. The van der Waals surface area contributed by atoms with Crippen molar-refractivity contribution >= 4 is 11.8 Å². The summed E-state index contributed by atoms with van der Waals surface area (Å²) < 4.78 is 78.9. The van der Waals surface area contributed by atoms with Crippen LogP contribution < -0.4 is 0 Å². The van der Waals surface area contributed by atoms with Crippen LogP contribution in [0.2, 0.25) is 0 Å². The Morgan fingerprint density at radius 3 is 1.67 bits per heavy atom. The number of nitrogens with zero attached hydrogens (tertiary/aromatic N) is 1. The fraction of sp³-hybridized carbons (Fsp3) is 0.333. The molecule has 2 rings (SSSR count). The molecule has 1 aromatic carbocycles. The molecule has 1 aromatic rings. The minimum atomic E-state index is -6.07. The molecule has 3 nitrogen and oxygen atoms in total. The molecular formula is C12H7F6NO2. The van der Waals surface area contributed by atoms with Gasteiger partial charge < -0.3 is 0 Å². The molecule has 0 bridgehead atoms. The van der Waals surface area contributed by atoms with E-state index in [1.54, 1.807) is 0 Å². The zero-order chi connectivity index (χ0) is 16.1. The molecule has 1 aliphatic heterocycles. The molecule has 0 unspecified atom stereocenters. The van der Waals surface area contributed by atoms with Crippen LogP contribution in [-0.2, 0) is 16.1 Å². The lowest BCUT2D eigenvalue weighted by Gasteiger charge is -2.40. The molecule has 0 spiro atoms. The average Bonchev–Trinajstić information content (AvgIpc) is 2.42. The van der Waals surface area contributed by atoms with Crippen molar-refractivity contribution in [2.24, 2.45) is 0 Å². The van der Waals surface area contributed by atoms with Gasteiger partial charge in [0.1, 0.15) is 0 Å². The van der Waals surface area contributed by atoms with E-state index < -0.39 is 41.0 Å². The van der Waals surface area contributed by atoms with Crippen molar-refractivity contribution in [3.05, 3.63) is 35.9 Å². The minimum absolute atomic E-state index is 0.0658. The summed E-state index contributed by atoms with van der Waals surface area (Å²) in [6, 6.07) is 6.85. The smallest absolute Gasteiger partial charge is 0.267 e. The Morgan fingerprint density at radius 1 is 0.810 bits per heavy atom. The van der Waals surface area contributed by atoms with E-state index in [0.29, 0.717) is 0 Å². The predicted octanol–water partition coefficient (Wildman–Crippen LogP) is 2.46. The summed E-state index contributed by atoms with van der Waals surface area (Å²) >= 11 is 0. The first-order chi connectivity index (χ1) is 9.53. The molecule has 1 fully saturated rings. The monoisotopic (exact) mass is 311 g/mol. The van der Waals surface area contributed by atoms with E-state index in [4.69, 9.17) is 0 Å². The summed E-state index contributed by atoms with van der Waals surface area (Å²) in [6.45, 7) is -0.945. The summed E-state index contributed by atoms with van der Waals surface area (Å²) in [7, 11) is 0. The van der Waals surface area contributed by atoms with Crippen LogP contribution >= 0.6 is 0 Å². The number of carbonyl (C=O) groups excluding carboxylic acids is 2. The standard InChI is InChI=1S/C12H7F6NO2/c13-10(14)8(20)19(6-7-4-2-1-3-5-7)9(21)11(15,16)12(10,17)18/h1-5H,6H2. The van der Waals surface area contributed by atoms with Crippen LogP contribution in [0.5, 0.6) is 0 Å². The topological polar surface area (TPSA) is 37.4 Å². The highest BCUT2D eigenvalue weighted by Crippen LogP contribution is 2.50. The molecule has 1 saturated heterocycles. The zero-order valence-electron chi connectivity index (χ0n) is 10.1. The van der Waals surface area contributed by atoms with Gasteiger partial charge in [-0.15, -0.1) is 0 Å². The van der Waals surface area contributed by atoms with Gasteiger partial charge in [0, 0.05) is 0 Å². The average molecular weight is 311 g/mol. The fourth-order valence-electron chi connectivity index (χ4n) is 1.81. The van der Waals surface area contributed by atoms with E-state index in [9.17, 15) is 35.9 Å². The largest absolute Gasteiger partial charge is 0.393 e. The van der Waals surface area contributed by atoms with E-state index in [1.165, 1.54) is 30.3 Å². The van der Waals surface area contributed by atoms with E-state index in [-0.39, 0.29) is 5.56 Å². The van der Waals surface area contributed by atoms with Crippen molar-refractivity contribution in [3.63, 3.8) is 0 Å². The molecular weight excluding hydrogens is 304 g/mol. The summed E-state index contributed by atoms with van der Waals surface area (Å²) in [5, 5.41) is 0. The normalized spacial score (nSPS) is 23.2. The Hall–Kier alpha value is -2.06. The first-order valence-electron chi connectivity index (χ1n) is 5.57. The number of carbonyl (C=O) groups is 2. The highest BCUT2D eigenvalue weighted by Gasteiger charge is 2.83. The lowest BCUT2D eigenvalue weighted by atomic mass is 9.96. The van der Waals surface area contributed by atoms with Gasteiger partial charge in [-0.2, -0.15) is 26.3 Å². The molecule has 0 saturated carbocycles. The van der Waals surface area contributed by atoms with Crippen LogP contribution in [0.4, 0.5) is 26.3 Å². The number of imide groups is 1. The quantitative estimate of drug-likeness (QED) is 0.621. The molecule has 1 heterocycles. The molecule has 114 valence electrons. The second-order valence-corrected chi connectivity index (χ2v) is 4.41. The molecule has 0 aliphatic carbocycles. The van der Waals surface area contributed by atoms with Gasteiger partial charge in [-0.1, -0.05) is 30.3 Å². The zero-order valence-corrected chi connectivity index (χ0v) is 10.1. The number of likely N-dealkylation sites (tertiary alicyclic amines) is 1. The maximum Gasteiger partial charge on any atom is 0.393 e. The van der Waals surface area contributed by atoms with Crippen molar-refractivity contribution < 1.29 is 35.9 Å². The first-order valence-corrected chi connectivity index (χ1v) is 5.57. The Kier molecular flexibility index (Phi) is 3.26. The van der Waals surface area contributed by atoms with Crippen molar-refractivity contribution in [1.29, 1.82) is 0 Å². The van der Waals surface area contributed by atoms with Crippen LogP contribution in [0.15, 0.2) is 30.3 Å². The van der Waals surface area contributed by atoms with Crippen molar-refractivity contribution in [2.45, 2.75) is 24.3 Å². The second-order valence-electron chi connectivity index (χ2n) is 4.41. The number of piperidine rings is 1. The van der Waals surface area contributed by atoms with E-state index in [2.05, 4.69) is 0 Å². The van der Waals surface area contributed by atoms with Crippen LogP contribution in [-0.4, -0.2) is 34.5 Å². The SMILES string of the molecule is O=C1N(Cc2ccccc2)C(=O)C(F)(F)C(F)(F)C1(F)F. The summed E-state index contributed by atoms with van der Waals surface area (Å²) in [4.78, 5) is 22.1. The maximum atomic E-state index is 13.2. The molecule has 1 aliphatic rings. The molecule has 0 atom stereocenters. The Balaban J connectivity index is 2.44. The van der Waals surface area contributed by atoms with Gasteiger partial charge in [0.25, 0.3) is 0 Å². The van der Waals surface area contributed by atoms with E-state index >= 15 is 0 Å². The van der Waals surface area contributed by atoms with Crippen LogP contribution in [0.1, 0.15) is 5.56 Å². The third-order valence-corrected chi connectivity index (χ3v) is 3.00. The van der Waals surface area contributed by atoms with Gasteiger partial charge in [-0.3, -0.25) is 14.5 Å².